The lowest BCUT2D eigenvalue weighted by molar-refractivity contribution is -0.140. The predicted octanol–water partition coefficient (Wildman–Crippen LogP) is 1.76. The molecule has 5 nitrogen and oxygen atoms in total. The van der Waals surface area contributed by atoms with Crippen LogP contribution in [0, 0.1) is 12.7 Å². The Kier molecular flexibility index (Phi) is 5.24. The van der Waals surface area contributed by atoms with Crippen molar-refractivity contribution in [3.8, 4) is 0 Å². The van der Waals surface area contributed by atoms with Crippen molar-refractivity contribution in [2.45, 2.75) is 32.6 Å². The summed E-state index contributed by atoms with van der Waals surface area (Å²) >= 11 is 0. The van der Waals surface area contributed by atoms with Gasteiger partial charge in [-0.3, -0.25) is 4.79 Å². The molecule has 1 aromatic carbocycles. The molecule has 7 heteroatoms. The molecule has 20 heavy (non-hydrogen) atoms. The smallest absolute Gasteiger partial charge is 0.321 e. The van der Waals surface area contributed by atoms with E-state index in [-0.39, 0.29) is 6.54 Å². The first-order valence-electron chi connectivity index (χ1n) is 6.16. The Labute approximate surface area is 118 Å². The molecular weight excluding hydrogens is 285 g/mol. The molecule has 0 heterocycles. The van der Waals surface area contributed by atoms with Gasteiger partial charge in [0.15, 0.2) is 0 Å². The van der Waals surface area contributed by atoms with E-state index in [1.165, 1.54) is 19.1 Å². The van der Waals surface area contributed by atoms with Crippen molar-refractivity contribution in [3.05, 3.63) is 35.1 Å². The molecule has 0 aliphatic heterocycles. The fraction of sp³-hybridized carbons (Fsp3) is 0.462. The van der Waals surface area contributed by atoms with Crippen LogP contribution in [0.15, 0.2) is 18.2 Å². The summed E-state index contributed by atoms with van der Waals surface area (Å²) in [5, 5.41) is 8.93. The number of likely N-dealkylation sites (N-methyl/N-ethyl adjacent to an activating group) is 1. The first kappa shape index (κ1) is 16.6. The highest BCUT2D eigenvalue weighted by atomic mass is 32.2. The lowest BCUT2D eigenvalue weighted by Crippen LogP contribution is -2.43. The van der Waals surface area contributed by atoms with Gasteiger partial charge in [0.05, 0.1) is 5.75 Å². The van der Waals surface area contributed by atoms with Crippen LogP contribution in [0.5, 0.6) is 0 Å². The summed E-state index contributed by atoms with van der Waals surface area (Å²) in [4.78, 5) is 10.9. The summed E-state index contributed by atoms with van der Waals surface area (Å²) in [6.45, 7) is 4.49. The number of halogens is 1. The zero-order valence-electron chi connectivity index (χ0n) is 11.6. The molecule has 0 radical (unpaired) electrons. The number of aryl methyl sites for hydroxylation is 1. The molecule has 0 aliphatic carbocycles. The molecule has 0 amide bonds. The van der Waals surface area contributed by atoms with Crippen LogP contribution < -0.4 is 0 Å². The van der Waals surface area contributed by atoms with E-state index in [1.54, 1.807) is 13.8 Å². The van der Waals surface area contributed by atoms with E-state index in [0.29, 0.717) is 11.1 Å². The highest BCUT2D eigenvalue weighted by Gasteiger charge is 2.30. The van der Waals surface area contributed by atoms with E-state index in [1.807, 2.05) is 0 Å². The van der Waals surface area contributed by atoms with Crippen molar-refractivity contribution >= 4 is 16.0 Å². The van der Waals surface area contributed by atoms with E-state index in [9.17, 15) is 17.6 Å². The quantitative estimate of drug-likeness (QED) is 0.869. The average molecular weight is 303 g/mol. The van der Waals surface area contributed by atoms with Gasteiger partial charge < -0.3 is 5.11 Å². The molecule has 0 spiro atoms. The minimum absolute atomic E-state index is 0.0458. The number of aliphatic carboxylic acids is 1. The first-order chi connectivity index (χ1) is 9.19. The van der Waals surface area contributed by atoms with Crippen molar-refractivity contribution in [1.29, 1.82) is 0 Å². The minimum Gasteiger partial charge on any atom is -0.480 e. The predicted molar refractivity (Wildman–Crippen MR) is 73.2 cm³/mol. The van der Waals surface area contributed by atoms with E-state index in [4.69, 9.17) is 5.11 Å². The normalized spacial score (nSPS) is 13.4. The maximum atomic E-state index is 13.4. The Balaban J connectivity index is 3.03. The molecule has 0 bridgehead atoms. The summed E-state index contributed by atoms with van der Waals surface area (Å²) < 4.78 is 38.7. The summed E-state index contributed by atoms with van der Waals surface area (Å²) in [5.41, 5.74) is 0.724. The maximum absolute atomic E-state index is 13.4. The van der Waals surface area contributed by atoms with E-state index in [0.717, 1.165) is 10.4 Å². The molecule has 1 atom stereocenters. The third kappa shape index (κ3) is 3.77. The lowest BCUT2D eigenvalue weighted by atomic mass is 10.2. The Morgan fingerprint density at radius 1 is 1.45 bits per heavy atom. The van der Waals surface area contributed by atoms with Crippen LogP contribution in [-0.4, -0.2) is 36.4 Å². The fourth-order valence-electron chi connectivity index (χ4n) is 1.85. The van der Waals surface area contributed by atoms with Crippen LogP contribution in [0.3, 0.4) is 0 Å². The van der Waals surface area contributed by atoms with Crippen LogP contribution in [0.25, 0.3) is 0 Å². The summed E-state index contributed by atoms with van der Waals surface area (Å²) in [5.74, 6) is -2.12. The van der Waals surface area contributed by atoms with Gasteiger partial charge in [-0.05, 0) is 31.0 Å². The topological polar surface area (TPSA) is 74.7 Å². The zero-order chi connectivity index (χ0) is 15.5. The minimum atomic E-state index is -3.81. The molecule has 112 valence electrons. The second kappa shape index (κ2) is 6.32. The van der Waals surface area contributed by atoms with Crippen molar-refractivity contribution < 1.29 is 22.7 Å². The summed E-state index contributed by atoms with van der Waals surface area (Å²) in [6, 6.07) is 3.03. The molecule has 0 aliphatic rings. The molecule has 1 aromatic rings. The number of nitrogens with zero attached hydrogens (tertiary/aromatic N) is 1. The van der Waals surface area contributed by atoms with Crippen LogP contribution in [0.2, 0.25) is 0 Å². The molecule has 0 fully saturated rings. The van der Waals surface area contributed by atoms with Crippen molar-refractivity contribution in [3.63, 3.8) is 0 Å². The molecule has 0 saturated heterocycles. The Morgan fingerprint density at radius 3 is 2.50 bits per heavy atom. The Morgan fingerprint density at radius 2 is 2.05 bits per heavy atom. The number of carbonyl (C=O) groups is 1. The molecule has 1 unspecified atom stereocenters. The van der Waals surface area contributed by atoms with E-state index >= 15 is 0 Å². The van der Waals surface area contributed by atoms with Gasteiger partial charge in [0.1, 0.15) is 11.9 Å². The van der Waals surface area contributed by atoms with Crippen LogP contribution in [-0.2, 0) is 20.6 Å². The fourth-order valence-corrected chi connectivity index (χ4v) is 3.59. The molecule has 1 rings (SSSR count). The Bertz CT molecular complexity index is 600. The first-order valence-corrected chi connectivity index (χ1v) is 7.77. The van der Waals surface area contributed by atoms with Gasteiger partial charge in [0, 0.05) is 6.54 Å². The standard InChI is InChI=1S/C13H18FNO4S/c1-4-15(10(3)13(16)17)20(18,19)8-11-6-5-9(2)12(14)7-11/h5-7,10H,4,8H2,1-3H3,(H,16,17). The lowest BCUT2D eigenvalue weighted by Gasteiger charge is -2.24. The van der Waals surface area contributed by atoms with Gasteiger partial charge in [-0.15, -0.1) is 0 Å². The van der Waals surface area contributed by atoms with Gasteiger partial charge >= 0.3 is 5.97 Å². The van der Waals surface area contributed by atoms with E-state index in [2.05, 4.69) is 0 Å². The van der Waals surface area contributed by atoms with Gasteiger partial charge in [0.2, 0.25) is 10.0 Å². The molecular formula is C13H18FNO4S. The SMILES string of the molecule is CCN(C(C)C(=O)O)S(=O)(=O)Cc1ccc(C)c(F)c1. The monoisotopic (exact) mass is 303 g/mol. The number of hydrogen-bond donors (Lipinski definition) is 1. The molecule has 1 N–H and O–H groups in total. The highest BCUT2D eigenvalue weighted by Crippen LogP contribution is 2.16. The number of carboxylic acids is 1. The van der Waals surface area contributed by atoms with Crippen molar-refractivity contribution in [2.75, 3.05) is 6.54 Å². The van der Waals surface area contributed by atoms with E-state index < -0.39 is 33.6 Å². The number of hydrogen-bond acceptors (Lipinski definition) is 3. The van der Waals surface area contributed by atoms with Gasteiger partial charge in [-0.2, -0.15) is 4.31 Å². The zero-order valence-corrected chi connectivity index (χ0v) is 12.4. The second-order valence-corrected chi connectivity index (χ2v) is 6.48. The number of carboxylic acid groups (broad SMARTS) is 1. The molecule has 0 aromatic heterocycles. The third-order valence-electron chi connectivity index (χ3n) is 3.04. The Hall–Kier alpha value is -1.47. The third-order valence-corrected chi connectivity index (χ3v) is 5.03. The van der Waals surface area contributed by atoms with Gasteiger partial charge in [-0.1, -0.05) is 19.1 Å². The van der Waals surface area contributed by atoms with Crippen molar-refractivity contribution in [2.24, 2.45) is 0 Å². The second-order valence-electron chi connectivity index (χ2n) is 4.56. The average Bonchev–Trinajstić information content (AvgIpc) is 2.33. The van der Waals surface area contributed by atoms with Crippen LogP contribution >= 0.6 is 0 Å². The van der Waals surface area contributed by atoms with Gasteiger partial charge in [0.25, 0.3) is 0 Å². The number of sulfonamides is 1. The summed E-state index contributed by atoms with van der Waals surface area (Å²) in [6.07, 6.45) is 0. The van der Waals surface area contributed by atoms with Gasteiger partial charge in [-0.25, -0.2) is 12.8 Å². The van der Waals surface area contributed by atoms with Crippen LogP contribution in [0.1, 0.15) is 25.0 Å². The molecule has 0 saturated carbocycles. The van der Waals surface area contributed by atoms with Crippen molar-refractivity contribution in [1.82, 2.24) is 4.31 Å². The maximum Gasteiger partial charge on any atom is 0.321 e. The number of rotatable bonds is 6. The summed E-state index contributed by atoms with van der Waals surface area (Å²) in [7, 11) is -3.81. The largest absolute Gasteiger partial charge is 0.480 e. The highest BCUT2D eigenvalue weighted by molar-refractivity contribution is 7.88. The number of benzene rings is 1. The van der Waals surface area contributed by atoms with Crippen LogP contribution in [0.4, 0.5) is 4.39 Å².